The van der Waals surface area contributed by atoms with Crippen LogP contribution in [0.3, 0.4) is 0 Å². The van der Waals surface area contributed by atoms with Crippen LogP contribution in [0, 0.1) is 0 Å². The first-order chi connectivity index (χ1) is 7.00. The van der Waals surface area contributed by atoms with Crippen molar-refractivity contribution >= 4 is 27.4 Å². The number of carbonyl (C=O) groups excluding carboxylic acids is 1. The van der Waals surface area contributed by atoms with Crippen LogP contribution >= 0.6 is 15.9 Å². The first kappa shape index (κ1) is 12.2. The standard InChI is InChI=1S/C11H15BrN2O/c1-14(2)6-5-11(15)8-3-4-9(12)10(13)7-8/h3-4,7H,5-6,13H2,1-2H3. The molecule has 15 heavy (non-hydrogen) atoms. The van der Waals surface area contributed by atoms with Crippen LogP contribution in [0.5, 0.6) is 0 Å². The Hall–Kier alpha value is -0.870. The maximum absolute atomic E-state index is 11.7. The Bertz CT molecular complexity index is 364. The molecule has 0 bridgehead atoms. The Morgan fingerprint density at radius 1 is 1.47 bits per heavy atom. The maximum atomic E-state index is 11.7. The second-order valence-electron chi connectivity index (χ2n) is 3.71. The summed E-state index contributed by atoms with van der Waals surface area (Å²) in [6.45, 7) is 0.759. The molecular weight excluding hydrogens is 256 g/mol. The van der Waals surface area contributed by atoms with Gasteiger partial charge in [-0.2, -0.15) is 0 Å². The van der Waals surface area contributed by atoms with Crippen LogP contribution in [0.1, 0.15) is 16.8 Å². The van der Waals surface area contributed by atoms with E-state index in [4.69, 9.17) is 5.73 Å². The third-order valence-corrected chi connectivity index (χ3v) is 2.83. The number of nitrogen functional groups attached to an aromatic ring is 1. The molecule has 0 amide bonds. The lowest BCUT2D eigenvalue weighted by Gasteiger charge is -2.08. The summed E-state index contributed by atoms with van der Waals surface area (Å²) in [5, 5.41) is 0. The van der Waals surface area contributed by atoms with Gasteiger partial charge < -0.3 is 10.6 Å². The zero-order valence-electron chi connectivity index (χ0n) is 8.96. The van der Waals surface area contributed by atoms with Gasteiger partial charge in [-0.15, -0.1) is 0 Å². The van der Waals surface area contributed by atoms with Crippen LogP contribution < -0.4 is 5.73 Å². The second kappa shape index (κ2) is 5.28. The van der Waals surface area contributed by atoms with E-state index in [1.165, 1.54) is 0 Å². The van der Waals surface area contributed by atoms with Gasteiger partial charge >= 0.3 is 0 Å². The SMILES string of the molecule is CN(C)CCC(=O)c1ccc(Br)c(N)c1. The van der Waals surface area contributed by atoms with E-state index in [1.54, 1.807) is 18.2 Å². The molecule has 3 nitrogen and oxygen atoms in total. The summed E-state index contributed by atoms with van der Waals surface area (Å²) in [6.07, 6.45) is 0.522. The summed E-state index contributed by atoms with van der Waals surface area (Å²) in [6, 6.07) is 5.30. The van der Waals surface area contributed by atoms with Gasteiger partial charge in [-0.05, 0) is 42.2 Å². The third kappa shape index (κ3) is 3.64. The fraction of sp³-hybridized carbons (Fsp3) is 0.364. The van der Waals surface area contributed by atoms with Gasteiger partial charge in [0.15, 0.2) is 5.78 Å². The molecule has 1 aromatic carbocycles. The molecule has 1 rings (SSSR count). The monoisotopic (exact) mass is 270 g/mol. The minimum atomic E-state index is 0.128. The van der Waals surface area contributed by atoms with Gasteiger partial charge in [-0.3, -0.25) is 4.79 Å². The molecule has 0 aromatic heterocycles. The first-order valence-electron chi connectivity index (χ1n) is 4.73. The molecule has 0 saturated carbocycles. The highest BCUT2D eigenvalue weighted by molar-refractivity contribution is 9.10. The summed E-state index contributed by atoms with van der Waals surface area (Å²) in [4.78, 5) is 13.7. The lowest BCUT2D eigenvalue weighted by Crippen LogP contribution is -2.16. The summed E-state index contributed by atoms with van der Waals surface area (Å²) in [5.41, 5.74) is 6.99. The number of halogens is 1. The quantitative estimate of drug-likeness (QED) is 0.674. The predicted molar refractivity (Wildman–Crippen MR) is 66.1 cm³/mol. The van der Waals surface area contributed by atoms with E-state index < -0.39 is 0 Å². The van der Waals surface area contributed by atoms with Crippen LogP contribution in [-0.2, 0) is 0 Å². The number of hydrogen-bond acceptors (Lipinski definition) is 3. The third-order valence-electron chi connectivity index (χ3n) is 2.10. The molecule has 0 atom stereocenters. The van der Waals surface area contributed by atoms with Gasteiger partial charge in [0, 0.05) is 28.7 Å². The largest absolute Gasteiger partial charge is 0.398 e. The minimum Gasteiger partial charge on any atom is -0.398 e. The molecule has 0 aliphatic carbocycles. The Kier molecular flexibility index (Phi) is 4.29. The molecule has 82 valence electrons. The minimum absolute atomic E-state index is 0.128. The highest BCUT2D eigenvalue weighted by Gasteiger charge is 2.07. The van der Waals surface area contributed by atoms with Gasteiger partial charge in [-0.25, -0.2) is 0 Å². The first-order valence-corrected chi connectivity index (χ1v) is 5.53. The molecular formula is C11H15BrN2O. The molecule has 0 aliphatic heterocycles. The van der Waals surface area contributed by atoms with Crippen molar-refractivity contribution in [3.8, 4) is 0 Å². The molecule has 0 radical (unpaired) electrons. The van der Waals surface area contributed by atoms with Crippen molar-refractivity contribution in [2.24, 2.45) is 0 Å². The smallest absolute Gasteiger partial charge is 0.164 e. The lowest BCUT2D eigenvalue weighted by molar-refractivity contribution is 0.0972. The number of anilines is 1. The maximum Gasteiger partial charge on any atom is 0.164 e. The summed E-state index contributed by atoms with van der Waals surface area (Å²) >= 11 is 3.30. The number of nitrogens with two attached hydrogens (primary N) is 1. The highest BCUT2D eigenvalue weighted by Crippen LogP contribution is 2.20. The van der Waals surface area contributed by atoms with Crippen molar-refractivity contribution in [3.05, 3.63) is 28.2 Å². The van der Waals surface area contributed by atoms with Gasteiger partial charge in [0.1, 0.15) is 0 Å². The number of hydrogen-bond donors (Lipinski definition) is 1. The molecule has 0 heterocycles. The molecule has 0 spiro atoms. The number of benzene rings is 1. The van der Waals surface area contributed by atoms with Crippen molar-refractivity contribution in [3.63, 3.8) is 0 Å². The molecule has 4 heteroatoms. The summed E-state index contributed by atoms with van der Waals surface area (Å²) in [7, 11) is 3.90. The Morgan fingerprint density at radius 3 is 2.67 bits per heavy atom. The van der Waals surface area contributed by atoms with Gasteiger partial charge in [0.25, 0.3) is 0 Å². The molecule has 2 N–H and O–H groups in total. The van der Waals surface area contributed by atoms with Crippen molar-refractivity contribution in [2.45, 2.75) is 6.42 Å². The van der Waals surface area contributed by atoms with E-state index in [2.05, 4.69) is 15.9 Å². The topological polar surface area (TPSA) is 46.3 Å². The zero-order chi connectivity index (χ0) is 11.4. The van der Waals surface area contributed by atoms with E-state index in [1.807, 2.05) is 19.0 Å². The Balaban J connectivity index is 2.70. The van der Waals surface area contributed by atoms with Crippen molar-refractivity contribution in [1.29, 1.82) is 0 Å². The molecule has 0 saturated heterocycles. The average Bonchev–Trinajstić information content (AvgIpc) is 2.18. The highest BCUT2D eigenvalue weighted by atomic mass is 79.9. The van der Waals surface area contributed by atoms with Crippen LogP contribution in [0.4, 0.5) is 5.69 Å². The van der Waals surface area contributed by atoms with Crippen molar-refractivity contribution < 1.29 is 4.79 Å². The predicted octanol–water partition coefficient (Wildman–Crippen LogP) is 2.17. The van der Waals surface area contributed by atoms with Crippen molar-refractivity contribution in [1.82, 2.24) is 4.90 Å². The van der Waals surface area contributed by atoms with Crippen LogP contribution in [0.2, 0.25) is 0 Å². The average molecular weight is 271 g/mol. The van der Waals surface area contributed by atoms with Crippen molar-refractivity contribution in [2.75, 3.05) is 26.4 Å². The van der Waals surface area contributed by atoms with E-state index in [0.29, 0.717) is 17.7 Å². The van der Waals surface area contributed by atoms with E-state index in [0.717, 1.165) is 11.0 Å². The van der Waals surface area contributed by atoms with E-state index in [9.17, 15) is 4.79 Å². The van der Waals surface area contributed by atoms with Crippen LogP contribution in [0.15, 0.2) is 22.7 Å². The van der Waals surface area contributed by atoms with Crippen LogP contribution in [0.25, 0.3) is 0 Å². The fourth-order valence-corrected chi connectivity index (χ4v) is 1.43. The molecule has 0 fully saturated rings. The molecule has 1 aromatic rings. The zero-order valence-corrected chi connectivity index (χ0v) is 10.5. The van der Waals surface area contributed by atoms with Gasteiger partial charge in [-0.1, -0.05) is 6.07 Å². The van der Waals surface area contributed by atoms with E-state index in [-0.39, 0.29) is 5.78 Å². The lowest BCUT2D eigenvalue weighted by atomic mass is 10.1. The number of ketones is 1. The second-order valence-corrected chi connectivity index (χ2v) is 4.57. The van der Waals surface area contributed by atoms with Gasteiger partial charge in [0.05, 0.1) is 0 Å². The summed E-state index contributed by atoms with van der Waals surface area (Å²) in [5.74, 6) is 0.128. The molecule has 0 unspecified atom stereocenters. The number of Topliss-reactive ketones (excluding diaryl/α,β-unsaturated/α-hetero) is 1. The van der Waals surface area contributed by atoms with Crippen LogP contribution in [-0.4, -0.2) is 31.3 Å². The number of nitrogens with zero attached hydrogens (tertiary/aromatic N) is 1. The fourth-order valence-electron chi connectivity index (χ4n) is 1.19. The summed E-state index contributed by atoms with van der Waals surface area (Å²) < 4.78 is 0.826. The number of carbonyl (C=O) groups is 1. The number of rotatable bonds is 4. The Morgan fingerprint density at radius 2 is 2.13 bits per heavy atom. The Labute approximate surface area is 98.4 Å². The van der Waals surface area contributed by atoms with E-state index >= 15 is 0 Å². The molecule has 0 aliphatic rings. The normalized spacial score (nSPS) is 10.7. The van der Waals surface area contributed by atoms with Gasteiger partial charge in [0.2, 0.25) is 0 Å².